The van der Waals surface area contributed by atoms with Gasteiger partial charge in [0.05, 0.1) is 6.61 Å². The van der Waals surface area contributed by atoms with Crippen LogP contribution in [-0.4, -0.2) is 16.3 Å². The number of rotatable bonds is 3. The number of aliphatic hydroxyl groups is 1. The van der Waals surface area contributed by atoms with E-state index in [1.54, 1.807) is 10.6 Å². The fourth-order valence-electron chi connectivity index (χ4n) is 2.42. The summed E-state index contributed by atoms with van der Waals surface area (Å²) < 4.78 is 7.38. The highest BCUT2D eigenvalue weighted by molar-refractivity contribution is 5.21. The minimum absolute atomic E-state index is 0.0316. The van der Waals surface area contributed by atoms with E-state index in [4.69, 9.17) is 4.74 Å². The Labute approximate surface area is 101 Å². The van der Waals surface area contributed by atoms with Crippen LogP contribution in [0.4, 0.5) is 0 Å². The number of hydrogen-bond donors (Lipinski definition) is 1. The lowest BCUT2D eigenvalue weighted by Gasteiger charge is -2.27. The van der Waals surface area contributed by atoms with Crippen molar-refractivity contribution >= 4 is 0 Å². The first-order valence-electron chi connectivity index (χ1n) is 6.23. The normalized spacial score (nSPS) is 20.5. The Balaban J connectivity index is 2.45. The summed E-state index contributed by atoms with van der Waals surface area (Å²) in [5.41, 5.74) is 1.68. The van der Waals surface area contributed by atoms with Gasteiger partial charge in [0.1, 0.15) is 6.23 Å². The van der Waals surface area contributed by atoms with Crippen LogP contribution in [0.1, 0.15) is 43.7 Å². The molecule has 2 heterocycles. The lowest BCUT2D eigenvalue weighted by Crippen LogP contribution is -2.31. The predicted molar refractivity (Wildman–Crippen MR) is 64.8 cm³/mol. The van der Waals surface area contributed by atoms with E-state index in [1.165, 1.54) is 6.07 Å². The maximum absolute atomic E-state index is 12.0. The van der Waals surface area contributed by atoms with Crippen molar-refractivity contribution in [1.29, 1.82) is 0 Å². The van der Waals surface area contributed by atoms with Crippen molar-refractivity contribution in [3.05, 3.63) is 33.7 Å². The van der Waals surface area contributed by atoms with Gasteiger partial charge in [0.25, 0.3) is 5.56 Å². The molecular formula is C13H19NO3. The topological polar surface area (TPSA) is 51.5 Å². The van der Waals surface area contributed by atoms with Gasteiger partial charge in [-0.3, -0.25) is 9.36 Å². The molecule has 0 saturated carbocycles. The maximum Gasteiger partial charge on any atom is 0.252 e. The Hall–Kier alpha value is -1.13. The third-order valence-corrected chi connectivity index (χ3v) is 3.27. The molecule has 0 spiro atoms. The van der Waals surface area contributed by atoms with Crippen molar-refractivity contribution in [2.24, 2.45) is 0 Å². The summed E-state index contributed by atoms with van der Waals surface area (Å²) in [6.45, 7) is 2.67. The number of aromatic nitrogens is 1. The van der Waals surface area contributed by atoms with Gasteiger partial charge in [0, 0.05) is 18.4 Å². The molecule has 17 heavy (non-hydrogen) atoms. The lowest BCUT2D eigenvalue weighted by atomic mass is 10.1. The molecule has 1 unspecified atom stereocenters. The summed E-state index contributed by atoms with van der Waals surface area (Å²) in [5.74, 6) is 0. The molecule has 1 aromatic heterocycles. The van der Waals surface area contributed by atoms with Gasteiger partial charge in [0.2, 0.25) is 0 Å². The number of ether oxygens (including phenoxy) is 1. The Morgan fingerprint density at radius 1 is 1.47 bits per heavy atom. The first kappa shape index (κ1) is 12.3. The summed E-state index contributed by atoms with van der Waals surface area (Å²) in [5, 5.41) is 9.31. The Morgan fingerprint density at radius 3 is 2.88 bits per heavy atom. The fraction of sp³-hybridized carbons (Fsp3) is 0.615. The molecule has 4 heteroatoms. The summed E-state index contributed by atoms with van der Waals surface area (Å²) in [7, 11) is 0. The molecule has 1 atom stereocenters. The monoisotopic (exact) mass is 237 g/mol. The number of pyridine rings is 1. The summed E-state index contributed by atoms with van der Waals surface area (Å²) >= 11 is 0. The van der Waals surface area contributed by atoms with Crippen molar-refractivity contribution in [2.75, 3.05) is 6.61 Å². The SMILES string of the molecule is CCc1c(CO)ccc(=O)n1C1CCCCO1. The largest absolute Gasteiger partial charge is 0.392 e. The molecule has 94 valence electrons. The van der Waals surface area contributed by atoms with Gasteiger partial charge in [-0.2, -0.15) is 0 Å². The Morgan fingerprint density at radius 2 is 2.29 bits per heavy atom. The molecule has 1 aliphatic rings. The summed E-state index contributed by atoms with van der Waals surface area (Å²) in [6.07, 6.45) is 3.60. The summed E-state index contributed by atoms with van der Waals surface area (Å²) in [4.78, 5) is 12.0. The molecule has 1 aliphatic heterocycles. The van der Waals surface area contributed by atoms with Crippen LogP contribution >= 0.6 is 0 Å². The molecule has 1 saturated heterocycles. The summed E-state index contributed by atoms with van der Waals surface area (Å²) in [6, 6.07) is 3.23. The van der Waals surface area contributed by atoms with Crippen LogP contribution < -0.4 is 5.56 Å². The molecule has 0 radical (unpaired) electrons. The second kappa shape index (κ2) is 5.47. The molecule has 1 aromatic rings. The molecule has 0 bridgehead atoms. The van der Waals surface area contributed by atoms with E-state index in [9.17, 15) is 9.90 Å². The Bertz CT molecular complexity index is 433. The van der Waals surface area contributed by atoms with E-state index in [2.05, 4.69) is 0 Å². The molecule has 1 fully saturated rings. The first-order chi connectivity index (χ1) is 8.27. The van der Waals surface area contributed by atoms with E-state index in [1.807, 2.05) is 6.92 Å². The molecular weight excluding hydrogens is 218 g/mol. The maximum atomic E-state index is 12.0. The van der Waals surface area contributed by atoms with Crippen molar-refractivity contribution < 1.29 is 9.84 Å². The number of hydrogen-bond acceptors (Lipinski definition) is 3. The Kier molecular flexibility index (Phi) is 3.97. The van der Waals surface area contributed by atoms with Crippen molar-refractivity contribution in [3.63, 3.8) is 0 Å². The van der Waals surface area contributed by atoms with Gasteiger partial charge in [-0.1, -0.05) is 6.92 Å². The molecule has 0 aliphatic carbocycles. The van der Waals surface area contributed by atoms with Crippen LogP contribution in [0.3, 0.4) is 0 Å². The van der Waals surface area contributed by atoms with Gasteiger partial charge < -0.3 is 9.84 Å². The third kappa shape index (κ3) is 2.42. The van der Waals surface area contributed by atoms with Crippen LogP contribution in [0.15, 0.2) is 16.9 Å². The highest BCUT2D eigenvalue weighted by Gasteiger charge is 2.20. The first-order valence-corrected chi connectivity index (χ1v) is 6.23. The third-order valence-electron chi connectivity index (χ3n) is 3.27. The molecule has 0 aromatic carbocycles. The average Bonchev–Trinajstić information content (AvgIpc) is 2.39. The van der Waals surface area contributed by atoms with Crippen LogP contribution in [-0.2, 0) is 17.8 Å². The molecule has 4 nitrogen and oxygen atoms in total. The van der Waals surface area contributed by atoms with Crippen LogP contribution in [0.2, 0.25) is 0 Å². The van der Waals surface area contributed by atoms with Gasteiger partial charge >= 0.3 is 0 Å². The quantitative estimate of drug-likeness (QED) is 0.868. The van der Waals surface area contributed by atoms with Gasteiger partial charge in [-0.05, 0) is 37.3 Å². The second-order valence-electron chi connectivity index (χ2n) is 4.35. The smallest absolute Gasteiger partial charge is 0.252 e. The highest BCUT2D eigenvalue weighted by Crippen LogP contribution is 2.23. The molecule has 1 N–H and O–H groups in total. The standard InChI is InChI=1S/C13H19NO3/c1-2-11-10(9-15)6-7-12(16)14(11)13-5-3-4-8-17-13/h6-7,13,15H,2-5,8-9H2,1H3. The zero-order valence-corrected chi connectivity index (χ0v) is 10.2. The van der Waals surface area contributed by atoms with E-state index >= 15 is 0 Å². The molecule has 0 amide bonds. The van der Waals surface area contributed by atoms with Gasteiger partial charge in [-0.15, -0.1) is 0 Å². The zero-order chi connectivity index (χ0) is 12.3. The van der Waals surface area contributed by atoms with Crippen LogP contribution in [0.25, 0.3) is 0 Å². The van der Waals surface area contributed by atoms with Crippen LogP contribution in [0, 0.1) is 0 Å². The minimum Gasteiger partial charge on any atom is -0.392 e. The number of aliphatic hydroxyl groups excluding tert-OH is 1. The van der Waals surface area contributed by atoms with Crippen molar-refractivity contribution in [3.8, 4) is 0 Å². The van der Waals surface area contributed by atoms with Crippen molar-refractivity contribution in [2.45, 2.75) is 45.4 Å². The number of nitrogens with zero attached hydrogens (tertiary/aromatic N) is 1. The lowest BCUT2D eigenvalue weighted by molar-refractivity contribution is -0.0358. The highest BCUT2D eigenvalue weighted by atomic mass is 16.5. The van der Waals surface area contributed by atoms with E-state index in [0.29, 0.717) is 6.61 Å². The van der Waals surface area contributed by atoms with E-state index in [0.717, 1.165) is 36.9 Å². The fourth-order valence-corrected chi connectivity index (χ4v) is 2.42. The second-order valence-corrected chi connectivity index (χ2v) is 4.35. The van der Waals surface area contributed by atoms with E-state index < -0.39 is 0 Å². The average molecular weight is 237 g/mol. The zero-order valence-electron chi connectivity index (χ0n) is 10.2. The van der Waals surface area contributed by atoms with Gasteiger partial charge in [-0.25, -0.2) is 0 Å². The van der Waals surface area contributed by atoms with Gasteiger partial charge in [0.15, 0.2) is 0 Å². The van der Waals surface area contributed by atoms with Crippen LogP contribution in [0.5, 0.6) is 0 Å². The molecule has 2 rings (SSSR count). The van der Waals surface area contributed by atoms with Crippen molar-refractivity contribution in [1.82, 2.24) is 4.57 Å². The predicted octanol–water partition coefficient (Wildman–Crippen LogP) is 1.60. The minimum atomic E-state index is -0.155. The van der Waals surface area contributed by atoms with E-state index in [-0.39, 0.29) is 18.4 Å².